The second-order valence-corrected chi connectivity index (χ2v) is 7.83. The van der Waals surface area contributed by atoms with Gasteiger partial charge in [-0.3, -0.25) is 9.69 Å². The fourth-order valence-corrected chi connectivity index (χ4v) is 3.56. The number of hydrogen-bond donors (Lipinski definition) is 2. The molecule has 0 aromatic heterocycles. The van der Waals surface area contributed by atoms with Gasteiger partial charge in [-0.15, -0.1) is 24.8 Å². The minimum atomic E-state index is -0.638. The van der Waals surface area contributed by atoms with E-state index in [2.05, 4.69) is 35.3 Å². The molecule has 3 rings (SSSR count). The molecular formula is C23H33Cl2N3O. The lowest BCUT2D eigenvalue weighted by molar-refractivity contribution is -0.122. The molecule has 1 unspecified atom stereocenters. The topological polar surface area (TPSA) is 58.4 Å². The number of benzene rings is 2. The first-order valence-corrected chi connectivity index (χ1v) is 9.92. The van der Waals surface area contributed by atoms with Crippen LogP contribution in [0.1, 0.15) is 48.1 Å². The van der Waals surface area contributed by atoms with E-state index in [9.17, 15) is 4.79 Å². The number of nitrogens with two attached hydrogens (primary N) is 1. The van der Waals surface area contributed by atoms with Gasteiger partial charge in [0.05, 0.1) is 0 Å². The standard InChI is InChI=1S/C23H31N3O.2ClH/c1-17-7-9-19(10-8-17)22(24)23(27)25-15-20-5-3-4-6-21(20)16-26-13-11-18(2)12-14-26;;/h3-10,18,22H,11-16,24H2,1-2H3,(H,25,27);2*1H. The summed E-state index contributed by atoms with van der Waals surface area (Å²) in [7, 11) is 0. The Hall–Kier alpha value is -1.59. The summed E-state index contributed by atoms with van der Waals surface area (Å²) in [5.41, 5.74) is 10.6. The molecule has 3 N–H and O–H groups in total. The Morgan fingerprint density at radius 3 is 2.28 bits per heavy atom. The van der Waals surface area contributed by atoms with Gasteiger partial charge in [0.15, 0.2) is 0 Å². The van der Waals surface area contributed by atoms with E-state index in [1.165, 1.54) is 24.0 Å². The maximum absolute atomic E-state index is 12.5. The quantitative estimate of drug-likeness (QED) is 0.704. The lowest BCUT2D eigenvalue weighted by Gasteiger charge is -2.30. The molecule has 1 atom stereocenters. The lowest BCUT2D eigenvalue weighted by atomic mass is 9.98. The SMILES string of the molecule is Cc1ccc(C(N)C(=O)NCc2ccccc2CN2CCC(C)CC2)cc1.Cl.Cl. The number of piperidine rings is 1. The van der Waals surface area contributed by atoms with Crippen molar-refractivity contribution < 1.29 is 4.79 Å². The van der Waals surface area contributed by atoms with Crippen molar-refractivity contribution in [1.82, 2.24) is 10.2 Å². The zero-order chi connectivity index (χ0) is 19.2. The Kier molecular flexibility index (Phi) is 10.7. The Bertz CT molecular complexity index is 759. The zero-order valence-corrected chi connectivity index (χ0v) is 18.9. The van der Waals surface area contributed by atoms with Crippen LogP contribution in [0.3, 0.4) is 0 Å². The van der Waals surface area contributed by atoms with Crippen molar-refractivity contribution >= 4 is 30.7 Å². The number of amides is 1. The smallest absolute Gasteiger partial charge is 0.241 e. The van der Waals surface area contributed by atoms with Crippen LogP contribution in [-0.4, -0.2) is 23.9 Å². The average Bonchev–Trinajstić information content (AvgIpc) is 2.69. The molecular weight excluding hydrogens is 405 g/mol. The minimum absolute atomic E-state index is 0. The molecule has 2 aromatic carbocycles. The molecule has 1 amide bonds. The molecule has 29 heavy (non-hydrogen) atoms. The highest BCUT2D eigenvalue weighted by Crippen LogP contribution is 2.20. The summed E-state index contributed by atoms with van der Waals surface area (Å²) in [6, 6.07) is 15.5. The first kappa shape index (κ1) is 25.4. The summed E-state index contributed by atoms with van der Waals surface area (Å²) < 4.78 is 0. The maximum Gasteiger partial charge on any atom is 0.241 e. The third-order valence-corrected chi connectivity index (χ3v) is 5.56. The van der Waals surface area contributed by atoms with Crippen LogP contribution in [0, 0.1) is 12.8 Å². The van der Waals surface area contributed by atoms with E-state index in [4.69, 9.17) is 5.73 Å². The fourth-order valence-electron chi connectivity index (χ4n) is 3.56. The summed E-state index contributed by atoms with van der Waals surface area (Å²) in [6.07, 6.45) is 2.54. The van der Waals surface area contributed by atoms with Crippen LogP contribution >= 0.6 is 24.8 Å². The van der Waals surface area contributed by atoms with Gasteiger partial charge >= 0.3 is 0 Å². The van der Waals surface area contributed by atoms with Gasteiger partial charge in [-0.2, -0.15) is 0 Å². The number of aryl methyl sites for hydroxylation is 1. The average molecular weight is 438 g/mol. The van der Waals surface area contributed by atoms with Gasteiger partial charge in [-0.25, -0.2) is 0 Å². The summed E-state index contributed by atoms with van der Waals surface area (Å²) >= 11 is 0. The van der Waals surface area contributed by atoms with E-state index in [0.717, 1.165) is 36.7 Å². The number of carbonyl (C=O) groups is 1. The number of nitrogens with one attached hydrogen (secondary N) is 1. The third-order valence-electron chi connectivity index (χ3n) is 5.56. The predicted octanol–water partition coefficient (Wildman–Crippen LogP) is 4.39. The van der Waals surface area contributed by atoms with Crippen molar-refractivity contribution in [3.8, 4) is 0 Å². The largest absolute Gasteiger partial charge is 0.350 e. The molecule has 160 valence electrons. The summed E-state index contributed by atoms with van der Waals surface area (Å²) in [5, 5.41) is 3.01. The molecule has 4 nitrogen and oxygen atoms in total. The van der Waals surface area contributed by atoms with Crippen LogP contribution < -0.4 is 11.1 Å². The normalized spacial score (nSPS) is 15.7. The van der Waals surface area contributed by atoms with Gasteiger partial charge in [-0.1, -0.05) is 61.0 Å². The van der Waals surface area contributed by atoms with Gasteiger partial charge in [0.1, 0.15) is 6.04 Å². The van der Waals surface area contributed by atoms with Crippen molar-refractivity contribution in [2.24, 2.45) is 11.7 Å². The van der Waals surface area contributed by atoms with Crippen LogP contribution in [-0.2, 0) is 17.9 Å². The number of hydrogen-bond acceptors (Lipinski definition) is 3. The molecule has 1 aliphatic heterocycles. The van der Waals surface area contributed by atoms with Crippen LogP contribution in [0.15, 0.2) is 48.5 Å². The van der Waals surface area contributed by atoms with Gasteiger partial charge < -0.3 is 11.1 Å². The van der Waals surface area contributed by atoms with Crippen LogP contribution in [0.25, 0.3) is 0 Å². The van der Waals surface area contributed by atoms with Crippen molar-refractivity contribution in [3.05, 3.63) is 70.8 Å². The molecule has 0 bridgehead atoms. The van der Waals surface area contributed by atoms with Crippen LogP contribution in [0.2, 0.25) is 0 Å². The van der Waals surface area contributed by atoms with Crippen LogP contribution in [0.5, 0.6) is 0 Å². The minimum Gasteiger partial charge on any atom is -0.350 e. The second-order valence-electron chi connectivity index (χ2n) is 7.83. The van der Waals surface area contributed by atoms with E-state index < -0.39 is 6.04 Å². The molecule has 0 aliphatic carbocycles. The molecule has 0 spiro atoms. The maximum atomic E-state index is 12.5. The molecule has 0 saturated carbocycles. The molecule has 2 aromatic rings. The van der Waals surface area contributed by atoms with Gasteiger partial charge in [0.25, 0.3) is 0 Å². The number of likely N-dealkylation sites (tertiary alicyclic amines) is 1. The fraction of sp³-hybridized carbons (Fsp3) is 0.435. The summed E-state index contributed by atoms with van der Waals surface area (Å²) in [4.78, 5) is 15.0. The second kappa shape index (κ2) is 12.2. The Balaban J connectivity index is 0.00000210. The predicted molar refractivity (Wildman–Crippen MR) is 125 cm³/mol. The van der Waals surface area contributed by atoms with Crippen molar-refractivity contribution in [2.45, 2.75) is 45.8 Å². The van der Waals surface area contributed by atoms with E-state index >= 15 is 0 Å². The highest BCUT2D eigenvalue weighted by molar-refractivity contribution is 5.85. The first-order chi connectivity index (χ1) is 13.0. The number of halogens is 2. The van der Waals surface area contributed by atoms with Gasteiger partial charge in [-0.05, 0) is 55.5 Å². The summed E-state index contributed by atoms with van der Waals surface area (Å²) in [6.45, 7) is 8.12. The monoisotopic (exact) mass is 437 g/mol. The number of rotatable bonds is 6. The Morgan fingerprint density at radius 2 is 1.66 bits per heavy atom. The van der Waals surface area contributed by atoms with Gasteiger partial charge in [0, 0.05) is 13.1 Å². The molecule has 1 saturated heterocycles. The van der Waals surface area contributed by atoms with Crippen molar-refractivity contribution in [3.63, 3.8) is 0 Å². The van der Waals surface area contributed by atoms with Gasteiger partial charge in [0.2, 0.25) is 5.91 Å². The highest BCUT2D eigenvalue weighted by atomic mass is 35.5. The van der Waals surface area contributed by atoms with E-state index in [0.29, 0.717) is 6.54 Å². The molecule has 0 radical (unpaired) electrons. The third kappa shape index (κ3) is 7.31. The lowest BCUT2D eigenvalue weighted by Crippen LogP contribution is -2.35. The van der Waals surface area contributed by atoms with Crippen molar-refractivity contribution in [1.29, 1.82) is 0 Å². The number of nitrogens with zero attached hydrogens (tertiary/aromatic N) is 1. The Labute approximate surface area is 187 Å². The molecule has 1 heterocycles. The molecule has 6 heteroatoms. The number of carbonyl (C=O) groups excluding carboxylic acids is 1. The highest BCUT2D eigenvalue weighted by Gasteiger charge is 2.18. The van der Waals surface area contributed by atoms with Crippen LogP contribution in [0.4, 0.5) is 0 Å². The van der Waals surface area contributed by atoms with E-state index in [-0.39, 0.29) is 30.7 Å². The van der Waals surface area contributed by atoms with E-state index in [1.54, 1.807) is 0 Å². The zero-order valence-electron chi connectivity index (χ0n) is 17.3. The summed E-state index contributed by atoms with van der Waals surface area (Å²) in [5.74, 6) is 0.694. The molecule has 1 aliphatic rings. The Morgan fingerprint density at radius 1 is 1.07 bits per heavy atom. The molecule has 1 fully saturated rings. The van der Waals surface area contributed by atoms with Crippen molar-refractivity contribution in [2.75, 3.05) is 13.1 Å². The van der Waals surface area contributed by atoms with E-state index in [1.807, 2.05) is 37.3 Å². The first-order valence-electron chi connectivity index (χ1n) is 9.92.